The van der Waals surface area contributed by atoms with Crippen molar-refractivity contribution in [1.82, 2.24) is 4.90 Å². The Morgan fingerprint density at radius 3 is 2.63 bits per heavy atom. The van der Waals surface area contributed by atoms with E-state index in [1.165, 1.54) is 13.2 Å². The van der Waals surface area contributed by atoms with Crippen molar-refractivity contribution in [3.63, 3.8) is 0 Å². The number of carbonyl (C=O) groups excluding carboxylic acids is 1. The Balaban J connectivity index is 1.53. The van der Waals surface area contributed by atoms with Crippen molar-refractivity contribution in [2.24, 2.45) is 0 Å². The molecule has 6 nitrogen and oxygen atoms in total. The largest absolute Gasteiger partial charge is 0.496 e. The molecule has 1 heterocycles. The van der Waals surface area contributed by atoms with E-state index in [2.05, 4.69) is 0 Å². The summed E-state index contributed by atoms with van der Waals surface area (Å²) in [4.78, 5) is 25.5. The van der Waals surface area contributed by atoms with Gasteiger partial charge in [-0.3, -0.25) is 9.59 Å². The van der Waals surface area contributed by atoms with Gasteiger partial charge in [0.15, 0.2) is 0 Å². The van der Waals surface area contributed by atoms with Crippen LogP contribution in [0.25, 0.3) is 11.1 Å². The molecule has 0 saturated heterocycles. The van der Waals surface area contributed by atoms with Crippen LogP contribution in [0.4, 0.5) is 4.39 Å². The molecule has 8 heteroatoms. The van der Waals surface area contributed by atoms with Crippen LogP contribution in [-0.4, -0.2) is 42.1 Å². The number of benzene rings is 3. The maximum Gasteiger partial charge on any atom is 0.307 e. The predicted octanol–water partition coefficient (Wildman–Crippen LogP) is 4.88. The minimum absolute atomic E-state index is 0.125. The van der Waals surface area contributed by atoms with Crippen molar-refractivity contribution in [2.75, 3.05) is 20.3 Å². The Hall–Kier alpha value is -3.42. The summed E-state index contributed by atoms with van der Waals surface area (Å²) in [7, 11) is 1.54. The highest BCUT2D eigenvalue weighted by Gasteiger charge is 2.26. The number of methoxy groups -OCH3 is 1. The van der Waals surface area contributed by atoms with Crippen molar-refractivity contribution in [3.05, 3.63) is 87.7 Å². The van der Waals surface area contributed by atoms with Gasteiger partial charge in [0.25, 0.3) is 0 Å². The van der Waals surface area contributed by atoms with Crippen LogP contribution in [0, 0.1) is 5.82 Å². The third-order valence-electron chi connectivity index (χ3n) is 6.06. The van der Waals surface area contributed by atoms with Crippen LogP contribution in [0.2, 0.25) is 5.02 Å². The van der Waals surface area contributed by atoms with E-state index in [1.54, 1.807) is 35.2 Å². The van der Waals surface area contributed by atoms with Gasteiger partial charge in [0, 0.05) is 29.2 Å². The number of ether oxygens (including phenoxy) is 2. The van der Waals surface area contributed by atoms with E-state index >= 15 is 0 Å². The second kappa shape index (κ2) is 10.9. The number of carboxylic acids is 1. The zero-order valence-corrected chi connectivity index (χ0v) is 20.0. The van der Waals surface area contributed by atoms with Gasteiger partial charge in [-0.1, -0.05) is 41.9 Å². The SMILES string of the molecule is COc1ccc(CC(=O)O)cc1-c1ccc(F)c2c1CCN(C(=O)COCc1ccccc1Cl)C2. The zero-order chi connectivity index (χ0) is 24.9. The number of carboxylic acid groups (broad SMARTS) is 1. The molecule has 4 rings (SSSR count). The molecule has 0 atom stereocenters. The molecule has 1 aliphatic heterocycles. The highest BCUT2D eigenvalue weighted by molar-refractivity contribution is 6.31. The van der Waals surface area contributed by atoms with Gasteiger partial charge in [0.2, 0.25) is 5.91 Å². The molecule has 0 radical (unpaired) electrons. The first kappa shape index (κ1) is 24.7. The quantitative estimate of drug-likeness (QED) is 0.480. The van der Waals surface area contributed by atoms with Gasteiger partial charge in [-0.25, -0.2) is 4.39 Å². The van der Waals surface area contributed by atoms with Gasteiger partial charge in [0.1, 0.15) is 18.2 Å². The van der Waals surface area contributed by atoms with E-state index in [0.29, 0.717) is 40.4 Å². The van der Waals surface area contributed by atoms with E-state index in [4.69, 9.17) is 26.2 Å². The third-order valence-corrected chi connectivity index (χ3v) is 6.43. The van der Waals surface area contributed by atoms with Crippen molar-refractivity contribution >= 4 is 23.5 Å². The molecule has 0 unspecified atom stereocenters. The molecule has 3 aromatic rings. The van der Waals surface area contributed by atoms with Crippen LogP contribution < -0.4 is 4.74 Å². The molecule has 1 N–H and O–H groups in total. The average Bonchev–Trinajstić information content (AvgIpc) is 2.85. The first-order chi connectivity index (χ1) is 16.9. The number of halogens is 2. The highest BCUT2D eigenvalue weighted by atomic mass is 35.5. The minimum Gasteiger partial charge on any atom is -0.496 e. The Morgan fingerprint density at radius 1 is 1.09 bits per heavy atom. The van der Waals surface area contributed by atoms with Crippen LogP contribution >= 0.6 is 11.6 Å². The van der Waals surface area contributed by atoms with Gasteiger partial charge < -0.3 is 19.5 Å². The monoisotopic (exact) mass is 497 g/mol. The van der Waals surface area contributed by atoms with E-state index < -0.39 is 5.97 Å². The first-order valence-corrected chi connectivity index (χ1v) is 11.5. The summed E-state index contributed by atoms with van der Waals surface area (Å²) < 4.78 is 25.9. The fraction of sp³-hybridized carbons (Fsp3) is 0.259. The van der Waals surface area contributed by atoms with Crippen molar-refractivity contribution in [3.8, 4) is 16.9 Å². The molecule has 0 fully saturated rings. The highest BCUT2D eigenvalue weighted by Crippen LogP contribution is 2.37. The molecule has 0 saturated carbocycles. The van der Waals surface area contributed by atoms with Gasteiger partial charge in [0.05, 0.1) is 20.1 Å². The molecule has 35 heavy (non-hydrogen) atoms. The molecule has 1 amide bonds. The Morgan fingerprint density at radius 2 is 1.89 bits per heavy atom. The third kappa shape index (κ3) is 5.63. The number of aliphatic carboxylic acids is 1. The number of hydrogen-bond donors (Lipinski definition) is 1. The minimum atomic E-state index is -0.937. The summed E-state index contributed by atoms with van der Waals surface area (Å²) in [5, 5.41) is 9.74. The summed E-state index contributed by atoms with van der Waals surface area (Å²) >= 11 is 6.13. The standard InChI is InChI=1S/C27H25ClFNO5/c1-34-25-9-6-17(13-27(32)33)12-21(25)19-7-8-24(29)22-14-30(11-10-20(19)22)26(31)16-35-15-18-4-2-3-5-23(18)28/h2-9,12H,10-11,13-16H2,1H3,(H,32,33). The lowest BCUT2D eigenvalue weighted by Crippen LogP contribution is -2.38. The summed E-state index contributed by atoms with van der Waals surface area (Å²) in [6.07, 6.45) is 0.321. The molecular formula is C27H25ClFNO5. The van der Waals surface area contributed by atoms with Crippen LogP contribution in [0.5, 0.6) is 5.75 Å². The first-order valence-electron chi connectivity index (χ1n) is 11.2. The maximum absolute atomic E-state index is 14.9. The molecule has 0 spiro atoms. The summed E-state index contributed by atoms with van der Waals surface area (Å²) in [6, 6.07) is 15.5. The Labute approximate surface area is 207 Å². The van der Waals surface area contributed by atoms with E-state index in [-0.39, 0.29) is 37.9 Å². The molecular weight excluding hydrogens is 473 g/mol. The van der Waals surface area contributed by atoms with Gasteiger partial charge >= 0.3 is 5.97 Å². The van der Waals surface area contributed by atoms with Gasteiger partial charge in [-0.15, -0.1) is 0 Å². The number of amides is 1. The fourth-order valence-electron chi connectivity index (χ4n) is 4.31. The molecule has 1 aliphatic rings. The van der Waals surface area contributed by atoms with Gasteiger partial charge in [-0.2, -0.15) is 0 Å². The summed E-state index contributed by atoms with van der Waals surface area (Å²) in [5.41, 5.74) is 4.11. The second-order valence-corrected chi connectivity index (χ2v) is 8.71. The molecule has 0 bridgehead atoms. The topological polar surface area (TPSA) is 76.1 Å². The Kier molecular flexibility index (Phi) is 7.68. The van der Waals surface area contributed by atoms with Crippen molar-refractivity contribution in [2.45, 2.75) is 26.0 Å². The number of nitrogens with zero attached hydrogens (tertiary/aromatic N) is 1. The molecule has 182 valence electrons. The Bertz CT molecular complexity index is 1260. The van der Waals surface area contributed by atoms with Crippen molar-refractivity contribution in [1.29, 1.82) is 0 Å². The van der Waals surface area contributed by atoms with E-state index in [9.17, 15) is 14.0 Å². The van der Waals surface area contributed by atoms with E-state index in [0.717, 1.165) is 16.7 Å². The lowest BCUT2D eigenvalue weighted by Gasteiger charge is -2.31. The maximum atomic E-state index is 14.9. The lowest BCUT2D eigenvalue weighted by molar-refractivity contribution is -0.138. The lowest BCUT2D eigenvalue weighted by atomic mass is 9.89. The van der Waals surface area contributed by atoms with Crippen LogP contribution in [0.1, 0.15) is 22.3 Å². The van der Waals surface area contributed by atoms with E-state index in [1.807, 2.05) is 18.2 Å². The smallest absolute Gasteiger partial charge is 0.307 e. The second-order valence-electron chi connectivity index (χ2n) is 8.31. The number of rotatable bonds is 8. The van der Waals surface area contributed by atoms with Crippen LogP contribution in [-0.2, 0) is 40.3 Å². The van der Waals surface area contributed by atoms with Crippen LogP contribution in [0.15, 0.2) is 54.6 Å². The number of hydrogen-bond acceptors (Lipinski definition) is 4. The molecule has 0 aromatic heterocycles. The predicted molar refractivity (Wildman–Crippen MR) is 130 cm³/mol. The summed E-state index contributed by atoms with van der Waals surface area (Å²) in [6.45, 7) is 0.614. The number of carbonyl (C=O) groups is 2. The summed E-state index contributed by atoms with van der Waals surface area (Å²) in [5.74, 6) is -0.986. The fourth-order valence-corrected chi connectivity index (χ4v) is 4.50. The molecule has 3 aromatic carbocycles. The normalized spacial score (nSPS) is 12.8. The zero-order valence-electron chi connectivity index (χ0n) is 19.2. The number of fused-ring (bicyclic) bond motifs is 1. The average molecular weight is 498 g/mol. The van der Waals surface area contributed by atoms with Crippen LogP contribution in [0.3, 0.4) is 0 Å². The van der Waals surface area contributed by atoms with Crippen molar-refractivity contribution < 1.29 is 28.6 Å². The molecule has 0 aliphatic carbocycles. The van der Waals surface area contributed by atoms with Gasteiger partial charge in [-0.05, 0) is 52.9 Å².